The van der Waals surface area contributed by atoms with Crippen LogP contribution in [0.2, 0.25) is 0 Å². The number of benzene rings is 4. The first-order valence-corrected chi connectivity index (χ1v) is 11.7. The molecule has 0 atom stereocenters. The Morgan fingerprint density at radius 2 is 1.24 bits per heavy atom. The number of ketones is 2. The van der Waals surface area contributed by atoms with E-state index in [2.05, 4.69) is 0 Å². The average molecular weight is 471 g/mol. The number of hydrogen-bond acceptors (Lipinski definition) is 7. The predicted octanol–water partition coefficient (Wildman–Crippen LogP) is 3.55. The van der Waals surface area contributed by atoms with Gasteiger partial charge in [-0.25, -0.2) is 0 Å². The van der Waals surface area contributed by atoms with E-state index in [1.807, 2.05) is 0 Å². The van der Waals surface area contributed by atoms with Crippen LogP contribution in [0.3, 0.4) is 0 Å². The smallest absolute Gasteiger partial charge is 0.204 e. The summed E-state index contributed by atoms with van der Waals surface area (Å²) in [5.41, 5.74) is -0.944. The molecule has 168 valence electrons. The molecule has 0 radical (unpaired) electrons. The fourth-order valence-corrected chi connectivity index (χ4v) is 5.64. The highest BCUT2D eigenvalue weighted by Crippen LogP contribution is 2.29. The molecule has 0 aliphatic heterocycles. The van der Waals surface area contributed by atoms with Crippen molar-refractivity contribution in [3.63, 3.8) is 0 Å². The van der Waals surface area contributed by atoms with Crippen molar-refractivity contribution >= 4 is 64.6 Å². The van der Waals surface area contributed by atoms with Gasteiger partial charge in [-0.05, 0) is 31.0 Å². The quantitative estimate of drug-likeness (QED) is 0.376. The molecule has 0 N–H and O–H groups in total. The van der Waals surface area contributed by atoms with Crippen molar-refractivity contribution < 1.29 is 9.59 Å². The van der Waals surface area contributed by atoms with Crippen molar-refractivity contribution in [2.45, 2.75) is 32.6 Å². The Balaban J connectivity index is 1.71. The van der Waals surface area contributed by atoms with E-state index < -0.39 is 16.3 Å². The van der Waals surface area contributed by atoms with Crippen LogP contribution in [0.25, 0.3) is 41.7 Å². The lowest BCUT2D eigenvalue weighted by Crippen LogP contribution is -2.15. The van der Waals surface area contributed by atoms with Crippen molar-refractivity contribution in [2.75, 3.05) is 0 Å². The third-order valence-electron chi connectivity index (χ3n) is 6.21. The van der Waals surface area contributed by atoms with E-state index in [0.29, 0.717) is 12.0 Å². The molecule has 5 aromatic rings. The van der Waals surface area contributed by atoms with Crippen molar-refractivity contribution in [2.24, 2.45) is 0 Å². The number of thiophene rings is 1. The highest BCUT2D eigenvalue weighted by atomic mass is 32.1. The first-order valence-electron chi connectivity index (χ1n) is 10.9. The van der Waals surface area contributed by atoms with Gasteiger partial charge < -0.3 is 4.79 Å². The molecule has 0 amide bonds. The van der Waals surface area contributed by atoms with E-state index in [1.54, 1.807) is 42.5 Å². The van der Waals surface area contributed by atoms with Crippen LogP contribution in [0, 0.1) is 0 Å². The monoisotopic (exact) mass is 470 g/mol. The van der Waals surface area contributed by atoms with Gasteiger partial charge in [-0.1, -0.05) is 30.3 Å². The standard InChI is InChI=1S/C27H18O6S/c1-13(28)6-9-15(29)10-7-14-8-11-18-19(12-14)23(31)21-20-22(30)16-4-2-3-5-17(16)24(32)26(20)34-27(21)25(18)33/h2-5,8,11-12H,6-7,9-10H2,1H3. The molecule has 0 spiro atoms. The Labute approximate surface area is 195 Å². The second-order valence-corrected chi connectivity index (χ2v) is 9.51. The third kappa shape index (κ3) is 3.40. The minimum Gasteiger partial charge on any atom is -0.300 e. The maximum absolute atomic E-state index is 13.5. The normalized spacial score (nSPS) is 11.7. The Kier molecular flexibility index (Phi) is 5.29. The van der Waals surface area contributed by atoms with Crippen molar-refractivity contribution in [1.82, 2.24) is 0 Å². The number of fused-ring (bicyclic) bond motifs is 5. The summed E-state index contributed by atoms with van der Waals surface area (Å²) in [5.74, 6) is -0.0934. The summed E-state index contributed by atoms with van der Waals surface area (Å²) in [6, 6.07) is 11.3. The van der Waals surface area contributed by atoms with Crippen molar-refractivity contribution in [1.29, 1.82) is 0 Å². The first kappa shape index (κ1) is 22.0. The van der Waals surface area contributed by atoms with Gasteiger partial charge in [0.25, 0.3) is 0 Å². The van der Waals surface area contributed by atoms with Gasteiger partial charge >= 0.3 is 0 Å². The first-order chi connectivity index (χ1) is 16.3. The van der Waals surface area contributed by atoms with Gasteiger partial charge in [0, 0.05) is 40.8 Å². The van der Waals surface area contributed by atoms with Gasteiger partial charge in [0.15, 0.2) is 10.9 Å². The fourth-order valence-electron chi connectivity index (χ4n) is 4.43. The molecule has 0 unspecified atom stereocenters. The van der Waals surface area contributed by atoms with Gasteiger partial charge in [-0.2, -0.15) is 0 Å². The van der Waals surface area contributed by atoms with E-state index >= 15 is 0 Å². The molecule has 0 bridgehead atoms. The Morgan fingerprint density at radius 1 is 0.676 bits per heavy atom. The van der Waals surface area contributed by atoms with E-state index in [9.17, 15) is 28.8 Å². The Hall–Kier alpha value is -3.84. The minimum atomic E-state index is -0.465. The molecular formula is C27H18O6S. The Bertz CT molecular complexity index is 1890. The van der Waals surface area contributed by atoms with Crippen LogP contribution in [-0.2, 0) is 16.0 Å². The summed E-state index contributed by atoms with van der Waals surface area (Å²) in [4.78, 5) is 76.1. The van der Waals surface area contributed by atoms with E-state index in [1.165, 1.54) is 6.92 Å². The summed E-state index contributed by atoms with van der Waals surface area (Å²) in [6.07, 6.45) is 0.972. The lowest BCUT2D eigenvalue weighted by atomic mass is 9.98. The van der Waals surface area contributed by atoms with Crippen molar-refractivity contribution in [3.8, 4) is 0 Å². The Morgan fingerprint density at radius 3 is 1.85 bits per heavy atom. The second kappa shape index (κ2) is 8.18. The molecule has 0 aliphatic carbocycles. The highest BCUT2D eigenvalue weighted by Gasteiger charge is 2.22. The van der Waals surface area contributed by atoms with Gasteiger partial charge in [0.2, 0.25) is 10.9 Å². The summed E-state index contributed by atoms with van der Waals surface area (Å²) >= 11 is 0.902. The second-order valence-electron chi connectivity index (χ2n) is 8.49. The maximum atomic E-state index is 13.5. The zero-order valence-electron chi connectivity index (χ0n) is 18.2. The number of rotatable bonds is 6. The van der Waals surface area contributed by atoms with Crippen LogP contribution in [0.15, 0.2) is 61.6 Å². The molecule has 0 saturated carbocycles. The largest absolute Gasteiger partial charge is 0.300 e. The third-order valence-corrected chi connectivity index (χ3v) is 7.40. The predicted molar refractivity (Wildman–Crippen MR) is 135 cm³/mol. The van der Waals surface area contributed by atoms with Crippen LogP contribution in [0.5, 0.6) is 0 Å². The van der Waals surface area contributed by atoms with E-state index in [-0.39, 0.29) is 78.0 Å². The zero-order chi connectivity index (χ0) is 24.1. The van der Waals surface area contributed by atoms with Crippen molar-refractivity contribution in [3.05, 3.63) is 88.9 Å². The van der Waals surface area contributed by atoms with Crippen LogP contribution < -0.4 is 21.7 Å². The molecule has 0 fully saturated rings. The molecule has 4 aromatic carbocycles. The number of hydrogen-bond donors (Lipinski definition) is 0. The van der Waals surface area contributed by atoms with Crippen LogP contribution in [0.1, 0.15) is 31.7 Å². The molecule has 34 heavy (non-hydrogen) atoms. The minimum absolute atomic E-state index is 0.0000349. The molecule has 0 aliphatic rings. The lowest BCUT2D eigenvalue weighted by Gasteiger charge is -2.04. The van der Waals surface area contributed by atoms with Gasteiger partial charge in [0.05, 0.1) is 20.2 Å². The number of carbonyl (C=O) groups is 2. The molecule has 6 nitrogen and oxygen atoms in total. The number of aryl methyl sites for hydroxylation is 1. The molecule has 7 heteroatoms. The SMILES string of the molecule is CC(=O)CCC(=O)CCc1ccc2c(=O)c3sc4c(=O)c5ccccc5c(=O)c4c3c(=O)c2c1. The topological polar surface area (TPSA) is 102 Å². The molecule has 1 heterocycles. The molecule has 5 rings (SSSR count). The maximum Gasteiger partial charge on any atom is 0.204 e. The van der Waals surface area contributed by atoms with E-state index in [0.717, 1.165) is 11.3 Å². The molecular weight excluding hydrogens is 452 g/mol. The van der Waals surface area contributed by atoms with Crippen LogP contribution >= 0.6 is 11.3 Å². The highest BCUT2D eigenvalue weighted by molar-refractivity contribution is 7.25. The van der Waals surface area contributed by atoms with Crippen LogP contribution in [0.4, 0.5) is 0 Å². The number of carbonyl (C=O) groups excluding carboxylic acids is 2. The summed E-state index contributed by atoms with van der Waals surface area (Å²) in [7, 11) is 0. The van der Waals surface area contributed by atoms with Gasteiger partial charge in [-0.3, -0.25) is 24.0 Å². The average Bonchev–Trinajstić information content (AvgIpc) is 3.25. The summed E-state index contributed by atoms with van der Waals surface area (Å²) in [6.45, 7) is 1.44. The number of Topliss-reactive ketones (excluding diaryl/α,β-unsaturated/α-hetero) is 2. The molecule has 1 aromatic heterocycles. The fraction of sp³-hybridized carbons (Fsp3) is 0.185. The lowest BCUT2D eigenvalue weighted by molar-refractivity contribution is -0.123. The van der Waals surface area contributed by atoms with Gasteiger partial charge in [-0.15, -0.1) is 11.3 Å². The summed E-state index contributed by atoms with van der Waals surface area (Å²) < 4.78 is 0.240. The molecule has 0 saturated heterocycles. The van der Waals surface area contributed by atoms with Gasteiger partial charge in [0.1, 0.15) is 11.6 Å². The van der Waals surface area contributed by atoms with Crippen LogP contribution in [-0.4, -0.2) is 11.6 Å². The zero-order valence-corrected chi connectivity index (χ0v) is 19.0. The van der Waals surface area contributed by atoms with E-state index in [4.69, 9.17) is 0 Å². The summed E-state index contributed by atoms with van der Waals surface area (Å²) in [5, 5.41) is 0.904.